The summed E-state index contributed by atoms with van der Waals surface area (Å²) in [6.45, 7) is 3.82. The van der Waals surface area contributed by atoms with E-state index in [1.807, 2.05) is 26.0 Å². The third-order valence-electron chi connectivity index (χ3n) is 2.87. The third-order valence-corrected chi connectivity index (χ3v) is 2.87. The highest BCUT2D eigenvalue weighted by Gasteiger charge is 2.06. The van der Waals surface area contributed by atoms with Gasteiger partial charge in [-0.25, -0.2) is 13.8 Å². The second-order valence-corrected chi connectivity index (χ2v) is 4.35. The van der Waals surface area contributed by atoms with Gasteiger partial charge in [0.2, 0.25) is 0 Å². The molecule has 1 aromatic carbocycles. The van der Waals surface area contributed by atoms with Crippen LogP contribution in [0.1, 0.15) is 17.0 Å². The van der Waals surface area contributed by atoms with E-state index in [1.165, 1.54) is 11.1 Å². The quantitative estimate of drug-likeness (QED) is 0.833. The van der Waals surface area contributed by atoms with Crippen molar-refractivity contribution >= 4 is 11.0 Å². The first-order valence-electron chi connectivity index (χ1n) is 5.88. The van der Waals surface area contributed by atoms with Gasteiger partial charge in [0.15, 0.2) is 0 Å². The predicted octanol–water partition coefficient (Wildman–Crippen LogP) is 3.00. The number of halogens is 2. The summed E-state index contributed by atoms with van der Waals surface area (Å²) in [5.41, 5.74) is 4.27. The number of imidazole rings is 1. The molecular weight excluding hydrogens is 238 g/mol. The number of benzene rings is 1. The van der Waals surface area contributed by atoms with Crippen LogP contribution in [0.4, 0.5) is 8.78 Å². The van der Waals surface area contributed by atoms with Gasteiger partial charge < -0.3 is 9.72 Å². The van der Waals surface area contributed by atoms with E-state index in [2.05, 4.69) is 9.97 Å². The Balaban J connectivity index is 2.02. The van der Waals surface area contributed by atoms with E-state index in [0.717, 1.165) is 16.9 Å². The second kappa shape index (κ2) is 5.44. The molecule has 0 aliphatic rings. The Morgan fingerprint density at radius 1 is 1.28 bits per heavy atom. The summed E-state index contributed by atoms with van der Waals surface area (Å²) < 4.78 is 28.6. The molecule has 1 aromatic heterocycles. The van der Waals surface area contributed by atoms with Crippen molar-refractivity contribution < 1.29 is 13.5 Å². The topological polar surface area (TPSA) is 37.9 Å². The Hall–Kier alpha value is -1.49. The standard InChI is InChI=1S/C13H16F2N2O/c1-8-5-10-11(6-9(8)2)17-13(16-10)3-4-18-7-12(14)15/h5-6,12H,3-4,7H2,1-2H3,(H,16,17). The molecule has 98 valence electrons. The van der Waals surface area contributed by atoms with Crippen molar-refractivity contribution in [3.8, 4) is 0 Å². The fraction of sp³-hybridized carbons (Fsp3) is 0.462. The molecule has 2 rings (SSSR count). The van der Waals surface area contributed by atoms with Crippen molar-refractivity contribution in [1.29, 1.82) is 0 Å². The number of aryl methyl sites for hydroxylation is 2. The van der Waals surface area contributed by atoms with Gasteiger partial charge in [0.1, 0.15) is 12.4 Å². The predicted molar refractivity (Wildman–Crippen MR) is 66.1 cm³/mol. The normalized spacial score (nSPS) is 11.6. The van der Waals surface area contributed by atoms with Crippen LogP contribution in [0.5, 0.6) is 0 Å². The third kappa shape index (κ3) is 3.04. The molecule has 0 bridgehead atoms. The monoisotopic (exact) mass is 254 g/mol. The SMILES string of the molecule is Cc1cc2nc(CCOCC(F)F)[nH]c2cc1C. The highest BCUT2D eigenvalue weighted by molar-refractivity contribution is 5.77. The van der Waals surface area contributed by atoms with Crippen molar-refractivity contribution in [3.63, 3.8) is 0 Å². The summed E-state index contributed by atoms with van der Waals surface area (Å²) in [6.07, 6.45) is -1.90. The number of alkyl halides is 2. The molecule has 0 atom stereocenters. The summed E-state index contributed by atoms with van der Waals surface area (Å²) in [5, 5.41) is 0. The van der Waals surface area contributed by atoms with Crippen molar-refractivity contribution in [2.75, 3.05) is 13.2 Å². The average molecular weight is 254 g/mol. The zero-order chi connectivity index (χ0) is 13.1. The lowest BCUT2D eigenvalue weighted by Gasteiger charge is -2.00. The summed E-state index contributed by atoms with van der Waals surface area (Å²) in [7, 11) is 0. The first-order valence-corrected chi connectivity index (χ1v) is 5.88. The molecule has 1 N–H and O–H groups in total. The minimum atomic E-state index is -2.41. The number of aromatic amines is 1. The van der Waals surface area contributed by atoms with Crippen LogP contribution in [0.3, 0.4) is 0 Å². The molecule has 0 aliphatic carbocycles. The number of hydrogen-bond acceptors (Lipinski definition) is 2. The maximum Gasteiger partial charge on any atom is 0.261 e. The van der Waals surface area contributed by atoms with Crippen LogP contribution < -0.4 is 0 Å². The van der Waals surface area contributed by atoms with Gasteiger partial charge in [-0.1, -0.05) is 0 Å². The molecule has 0 radical (unpaired) electrons. The lowest BCUT2D eigenvalue weighted by molar-refractivity contribution is 0.0183. The Kier molecular flexibility index (Phi) is 3.91. The van der Waals surface area contributed by atoms with Gasteiger partial charge in [-0.3, -0.25) is 0 Å². The maximum atomic E-state index is 11.9. The number of nitrogens with one attached hydrogen (secondary N) is 1. The minimum Gasteiger partial charge on any atom is -0.375 e. The highest BCUT2D eigenvalue weighted by atomic mass is 19.3. The second-order valence-electron chi connectivity index (χ2n) is 4.35. The lowest BCUT2D eigenvalue weighted by Crippen LogP contribution is -2.07. The molecule has 2 aromatic rings. The average Bonchev–Trinajstić information content (AvgIpc) is 2.67. The van der Waals surface area contributed by atoms with Gasteiger partial charge in [0.25, 0.3) is 6.43 Å². The molecule has 0 saturated carbocycles. The van der Waals surface area contributed by atoms with Crippen LogP contribution in [0.25, 0.3) is 11.0 Å². The number of H-pyrrole nitrogens is 1. The summed E-state index contributed by atoms with van der Waals surface area (Å²) in [4.78, 5) is 7.58. The molecule has 0 spiro atoms. The number of ether oxygens (including phenoxy) is 1. The molecule has 18 heavy (non-hydrogen) atoms. The number of nitrogens with zero attached hydrogens (tertiary/aromatic N) is 1. The molecule has 0 aliphatic heterocycles. The van der Waals surface area contributed by atoms with Crippen molar-refractivity contribution in [2.24, 2.45) is 0 Å². The molecule has 1 heterocycles. The summed E-state index contributed by atoms with van der Waals surface area (Å²) in [5.74, 6) is 0.768. The van der Waals surface area contributed by atoms with Crippen molar-refractivity contribution in [1.82, 2.24) is 9.97 Å². The number of hydrogen-bond donors (Lipinski definition) is 1. The van der Waals surface area contributed by atoms with Crippen LogP contribution in [0.15, 0.2) is 12.1 Å². The molecular formula is C13H16F2N2O. The molecule has 0 unspecified atom stereocenters. The molecule has 0 fully saturated rings. The van der Waals surface area contributed by atoms with Gasteiger partial charge in [-0.2, -0.15) is 0 Å². The van der Waals surface area contributed by atoms with E-state index >= 15 is 0 Å². The van der Waals surface area contributed by atoms with E-state index in [4.69, 9.17) is 4.74 Å². The molecule has 3 nitrogen and oxygen atoms in total. The van der Waals surface area contributed by atoms with Gasteiger partial charge >= 0.3 is 0 Å². The Morgan fingerprint density at radius 2 is 2.00 bits per heavy atom. The number of rotatable bonds is 5. The van der Waals surface area contributed by atoms with Crippen molar-refractivity contribution in [3.05, 3.63) is 29.1 Å². The molecule has 0 saturated heterocycles. The van der Waals surface area contributed by atoms with Gasteiger partial charge in [0.05, 0.1) is 17.6 Å². The Bertz CT molecular complexity index is 498. The van der Waals surface area contributed by atoms with Gasteiger partial charge in [0, 0.05) is 6.42 Å². The molecule has 5 heteroatoms. The Morgan fingerprint density at radius 3 is 2.72 bits per heavy atom. The first kappa shape index (κ1) is 13.0. The van der Waals surface area contributed by atoms with E-state index < -0.39 is 13.0 Å². The van der Waals surface area contributed by atoms with Crippen molar-refractivity contribution in [2.45, 2.75) is 26.7 Å². The fourth-order valence-corrected chi connectivity index (χ4v) is 1.78. The fourth-order valence-electron chi connectivity index (χ4n) is 1.78. The van der Waals surface area contributed by atoms with Gasteiger partial charge in [-0.05, 0) is 37.1 Å². The highest BCUT2D eigenvalue weighted by Crippen LogP contribution is 2.17. The summed E-state index contributed by atoms with van der Waals surface area (Å²) >= 11 is 0. The summed E-state index contributed by atoms with van der Waals surface area (Å²) in [6, 6.07) is 4.06. The molecule has 0 amide bonds. The zero-order valence-electron chi connectivity index (χ0n) is 10.5. The van der Waals surface area contributed by atoms with Crippen LogP contribution in [-0.4, -0.2) is 29.6 Å². The number of aromatic nitrogens is 2. The van der Waals surface area contributed by atoms with Crippen LogP contribution in [0.2, 0.25) is 0 Å². The van der Waals surface area contributed by atoms with E-state index in [0.29, 0.717) is 6.42 Å². The lowest BCUT2D eigenvalue weighted by atomic mass is 10.1. The Labute approximate surface area is 104 Å². The zero-order valence-corrected chi connectivity index (χ0v) is 10.5. The first-order chi connectivity index (χ1) is 8.56. The van der Waals surface area contributed by atoms with Gasteiger partial charge in [-0.15, -0.1) is 0 Å². The smallest absolute Gasteiger partial charge is 0.261 e. The van der Waals surface area contributed by atoms with E-state index in [1.54, 1.807) is 0 Å². The van der Waals surface area contributed by atoms with E-state index in [-0.39, 0.29) is 6.61 Å². The van der Waals surface area contributed by atoms with Crippen LogP contribution in [0, 0.1) is 13.8 Å². The van der Waals surface area contributed by atoms with E-state index in [9.17, 15) is 8.78 Å². The minimum absolute atomic E-state index is 0.252. The van der Waals surface area contributed by atoms with Crippen LogP contribution in [-0.2, 0) is 11.2 Å². The number of fused-ring (bicyclic) bond motifs is 1. The largest absolute Gasteiger partial charge is 0.375 e. The maximum absolute atomic E-state index is 11.9. The van der Waals surface area contributed by atoms with Crippen LogP contribution >= 0.6 is 0 Å².